The Balaban J connectivity index is 2.51. The summed E-state index contributed by atoms with van der Waals surface area (Å²) in [6.45, 7) is 4.33. The molecule has 0 heterocycles. The first-order chi connectivity index (χ1) is 5.33. The average Bonchev–Trinajstić information content (AvgIpc) is 2.06. The molecule has 0 spiro atoms. The summed E-state index contributed by atoms with van der Waals surface area (Å²) in [5.74, 6) is 0. The van der Waals surface area contributed by atoms with Crippen LogP contribution in [0.2, 0.25) is 0 Å². The Labute approximate surface area is 68.7 Å². The molecule has 0 bridgehead atoms. The number of rotatable bonds is 3. The molecule has 60 valence electrons. The molecule has 0 aliphatic rings. The van der Waals surface area contributed by atoms with Crippen LogP contribution in [0.3, 0.4) is 0 Å². The number of benzene rings is 1. The third-order valence-electron chi connectivity index (χ3n) is 1.84. The molecular weight excluding hydrogens is 134 g/mol. The maximum absolute atomic E-state index is 2.29. The van der Waals surface area contributed by atoms with Crippen molar-refractivity contribution < 1.29 is 0 Å². The second-order valence-corrected chi connectivity index (χ2v) is 2.82. The lowest BCUT2D eigenvalue weighted by Gasteiger charge is -2.12. The molecule has 1 rings (SSSR count). The first-order valence-electron chi connectivity index (χ1n) is 4.05. The predicted octanol–water partition coefficient (Wildman–Crippen LogP) is 2.14. The van der Waals surface area contributed by atoms with Gasteiger partial charge in [-0.1, -0.05) is 37.3 Å². The van der Waals surface area contributed by atoms with E-state index in [4.69, 9.17) is 0 Å². The zero-order valence-electron chi connectivity index (χ0n) is 7.25. The highest BCUT2D eigenvalue weighted by Crippen LogP contribution is 2.01. The fraction of sp³-hybridized carbons (Fsp3) is 0.400. The highest BCUT2D eigenvalue weighted by atomic mass is 15.1. The smallest absolute Gasteiger partial charge is 0.0230 e. The Morgan fingerprint density at radius 1 is 1.18 bits per heavy atom. The lowest BCUT2D eigenvalue weighted by molar-refractivity contribution is 0.346. The van der Waals surface area contributed by atoms with Crippen molar-refractivity contribution in [3.8, 4) is 0 Å². The molecule has 0 saturated carbocycles. The van der Waals surface area contributed by atoms with E-state index in [-0.39, 0.29) is 0 Å². The summed E-state index contributed by atoms with van der Waals surface area (Å²) in [4.78, 5) is 2.29. The molecule has 11 heavy (non-hydrogen) atoms. The van der Waals surface area contributed by atoms with Crippen molar-refractivity contribution in [1.29, 1.82) is 0 Å². The van der Waals surface area contributed by atoms with Gasteiger partial charge in [-0.15, -0.1) is 0 Å². The lowest BCUT2D eigenvalue weighted by atomic mass is 10.2. The van der Waals surface area contributed by atoms with Gasteiger partial charge in [0.05, 0.1) is 0 Å². The lowest BCUT2D eigenvalue weighted by Crippen LogP contribution is -2.16. The summed E-state index contributed by atoms with van der Waals surface area (Å²) in [6.07, 6.45) is 0. The summed E-state index contributed by atoms with van der Waals surface area (Å²) in [7, 11) is 2.13. The quantitative estimate of drug-likeness (QED) is 0.636. The maximum atomic E-state index is 2.29. The summed E-state index contributed by atoms with van der Waals surface area (Å²) < 4.78 is 0. The Kier molecular flexibility index (Phi) is 3.12. The van der Waals surface area contributed by atoms with Crippen LogP contribution in [0.4, 0.5) is 0 Å². The van der Waals surface area contributed by atoms with Crippen molar-refractivity contribution in [3.05, 3.63) is 35.9 Å². The van der Waals surface area contributed by atoms with Gasteiger partial charge in [0, 0.05) is 6.54 Å². The molecule has 0 atom stereocenters. The Morgan fingerprint density at radius 3 is 2.36 bits per heavy atom. The fourth-order valence-electron chi connectivity index (χ4n) is 1.01. The van der Waals surface area contributed by atoms with Gasteiger partial charge in [0.2, 0.25) is 0 Å². The van der Waals surface area contributed by atoms with Crippen LogP contribution in [0, 0.1) is 0 Å². The molecule has 0 saturated heterocycles. The van der Waals surface area contributed by atoms with E-state index >= 15 is 0 Å². The molecule has 0 unspecified atom stereocenters. The molecule has 0 amide bonds. The van der Waals surface area contributed by atoms with Crippen LogP contribution in [0.5, 0.6) is 0 Å². The molecule has 0 aliphatic carbocycles. The van der Waals surface area contributed by atoms with Gasteiger partial charge in [0.25, 0.3) is 0 Å². The van der Waals surface area contributed by atoms with Gasteiger partial charge in [-0.05, 0) is 19.2 Å². The molecule has 1 nitrogen and oxygen atoms in total. The van der Waals surface area contributed by atoms with Crippen molar-refractivity contribution in [1.82, 2.24) is 4.90 Å². The van der Waals surface area contributed by atoms with Crippen molar-refractivity contribution in [2.24, 2.45) is 0 Å². The Morgan fingerprint density at radius 2 is 1.82 bits per heavy atom. The topological polar surface area (TPSA) is 3.24 Å². The molecule has 0 fully saturated rings. The van der Waals surface area contributed by atoms with Crippen LogP contribution in [0.1, 0.15) is 12.5 Å². The van der Waals surface area contributed by atoms with Gasteiger partial charge in [-0.2, -0.15) is 0 Å². The second-order valence-electron chi connectivity index (χ2n) is 2.82. The normalized spacial score (nSPS) is 10.5. The van der Waals surface area contributed by atoms with E-state index in [2.05, 4.69) is 49.2 Å². The zero-order valence-corrected chi connectivity index (χ0v) is 7.25. The average molecular weight is 149 g/mol. The van der Waals surface area contributed by atoms with Crippen LogP contribution < -0.4 is 0 Å². The first kappa shape index (κ1) is 8.28. The molecule has 1 aromatic carbocycles. The van der Waals surface area contributed by atoms with Crippen molar-refractivity contribution in [2.75, 3.05) is 13.6 Å². The van der Waals surface area contributed by atoms with Crippen LogP contribution in [0.15, 0.2) is 30.3 Å². The summed E-state index contributed by atoms with van der Waals surface area (Å²) >= 11 is 0. The van der Waals surface area contributed by atoms with Gasteiger partial charge in [0.1, 0.15) is 0 Å². The highest BCUT2D eigenvalue weighted by molar-refractivity contribution is 5.14. The summed E-state index contributed by atoms with van der Waals surface area (Å²) in [5.41, 5.74) is 1.39. The van der Waals surface area contributed by atoms with Gasteiger partial charge in [-0.25, -0.2) is 0 Å². The maximum Gasteiger partial charge on any atom is 0.0230 e. The van der Waals surface area contributed by atoms with Gasteiger partial charge in [0.15, 0.2) is 0 Å². The number of nitrogens with zero attached hydrogens (tertiary/aromatic N) is 1. The Bertz CT molecular complexity index is 193. The molecule has 0 aliphatic heterocycles. The predicted molar refractivity (Wildman–Crippen MR) is 48.5 cm³/mol. The van der Waals surface area contributed by atoms with Gasteiger partial charge in [-0.3, -0.25) is 0 Å². The summed E-state index contributed by atoms with van der Waals surface area (Å²) in [6, 6.07) is 10.5. The van der Waals surface area contributed by atoms with Crippen LogP contribution in [-0.4, -0.2) is 18.5 Å². The van der Waals surface area contributed by atoms with Crippen LogP contribution in [-0.2, 0) is 6.54 Å². The van der Waals surface area contributed by atoms with E-state index in [1.807, 2.05) is 0 Å². The van der Waals surface area contributed by atoms with E-state index in [9.17, 15) is 0 Å². The first-order valence-corrected chi connectivity index (χ1v) is 4.05. The molecule has 0 aromatic heterocycles. The van der Waals surface area contributed by atoms with E-state index in [0.29, 0.717) is 0 Å². The van der Waals surface area contributed by atoms with Gasteiger partial charge < -0.3 is 4.90 Å². The van der Waals surface area contributed by atoms with E-state index < -0.39 is 0 Å². The molecule has 0 radical (unpaired) electrons. The van der Waals surface area contributed by atoms with E-state index in [1.165, 1.54) is 5.56 Å². The van der Waals surface area contributed by atoms with Crippen LogP contribution >= 0.6 is 0 Å². The monoisotopic (exact) mass is 149 g/mol. The molecular formula is C10H15N. The largest absolute Gasteiger partial charge is 0.302 e. The SMILES string of the molecule is CCN(C)Cc1ccccc1. The second kappa shape index (κ2) is 4.14. The van der Waals surface area contributed by atoms with E-state index in [0.717, 1.165) is 13.1 Å². The van der Waals surface area contributed by atoms with E-state index in [1.54, 1.807) is 0 Å². The number of hydrogen-bond donors (Lipinski definition) is 0. The fourth-order valence-corrected chi connectivity index (χ4v) is 1.01. The van der Waals surface area contributed by atoms with Gasteiger partial charge >= 0.3 is 0 Å². The van der Waals surface area contributed by atoms with Crippen molar-refractivity contribution >= 4 is 0 Å². The minimum atomic E-state index is 1.05. The third kappa shape index (κ3) is 2.72. The molecule has 1 heteroatoms. The van der Waals surface area contributed by atoms with Crippen LogP contribution in [0.25, 0.3) is 0 Å². The number of hydrogen-bond acceptors (Lipinski definition) is 1. The standard InChI is InChI=1S/C10H15N/c1-3-11(2)9-10-7-5-4-6-8-10/h4-8H,3,9H2,1-2H3. The third-order valence-corrected chi connectivity index (χ3v) is 1.84. The molecule has 1 aromatic rings. The summed E-state index contributed by atoms with van der Waals surface area (Å²) in [5, 5.41) is 0. The molecule has 0 N–H and O–H groups in total. The highest BCUT2D eigenvalue weighted by Gasteiger charge is 1.94. The van der Waals surface area contributed by atoms with Crippen molar-refractivity contribution in [3.63, 3.8) is 0 Å². The Hall–Kier alpha value is -0.820. The zero-order chi connectivity index (χ0) is 8.10. The minimum Gasteiger partial charge on any atom is -0.302 e. The van der Waals surface area contributed by atoms with Crippen molar-refractivity contribution in [2.45, 2.75) is 13.5 Å². The minimum absolute atomic E-state index is 1.05.